The van der Waals surface area contributed by atoms with Gasteiger partial charge in [0.25, 0.3) is 0 Å². The molecule has 3 rings (SSSR count). The first-order chi connectivity index (χ1) is 13.2. The molecule has 0 bridgehead atoms. The fourth-order valence-electron chi connectivity index (χ4n) is 8.04. The largest absolute Gasteiger partial charge is 0.330 e. The Hall–Kier alpha value is -0.0800. The quantitative estimate of drug-likeness (QED) is 0.598. The number of hydrogen-bond acceptors (Lipinski definition) is 2. The van der Waals surface area contributed by atoms with Crippen molar-refractivity contribution in [2.45, 2.75) is 104 Å². The second-order valence-electron chi connectivity index (χ2n) is 12.1. The van der Waals surface area contributed by atoms with Gasteiger partial charge in [0.1, 0.15) is 0 Å². The zero-order valence-electron chi connectivity index (χ0n) is 19.6. The third kappa shape index (κ3) is 5.15. The van der Waals surface area contributed by atoms with E-state index in [4.69, 9.17) is 11.5 Å². The maximum Gasteiger partial charge on any atom is 0.0129 e. The molecule has 0 spiro atoms. The van der Waals surface area contributed by atoms with Crippen molar-refractivity contribution in [2.24, 2.45) is 64.7 Å². The van der Waals surface area contributed by atoms with Crippen molar-refractivity contribution in [2.75, 3.05) is 6.54 Å². The van der Waals surface area contributed by atoms with Crippen LogP contribution in [0.3, 0.4) is 0 Å². The summed E-state index contributed by atoms with van der Waals surface area (Å²) in [4.78, 5) is 0. The molecule has 0 aromatic carbocycles. The Morgan fingerprint density at radius 3 is 2.18 bits per heavy atom. The van der Waals surface area contributed by atoms with Gasteiger partial charge in [-0.3, -0.25) is 0 Å². The van der Waals surface area contributed by atoms with E-state index in [1.54, 1.807) is 0 Å². The Balaban J connectivity index is 1.74. The van der Waals surface area contributed by atoms with E-state index >= 15 is 0 Å². The summed E-state index contributed by atoms with van der Waals surface area (Å²) >= 11 is 0. The summed E-state index contributed by atoms with van der Waals surface area (Å²) in [5, 5.41) is 0. The third-order valence-electron chi connectivity index (χ3n) is 9.34. The monoisotopic (exact) mass is 390 g/mol. The van der Waals surface area contributed by atoms with E-state index in [0.29, 0.717) is 5.92 Å². The highest BCUT2D eigenvalue weighted by Crippen LogP contribution is 2.56. The first-order valence-corrected chi connectivity index (χ1v) is 12.7. The zero-order valence-corrected chi connectivity index (χ0v) is 19.6. The van der Waals surface area contributed by atoms with Crippen LogP contribution in [-0.4, -0.2) is 12.1 Å². The van der Waals surface area contributed by atoms with Crippen LogP contribution in [0.5, 0.6) is 0 Å². The molecule has 3 aliphatic rings. The standard InChI is InChI=1S/C26H50N2/c1-17(2)14-19(4)22-9-11-24-23(22)10-8-21-18(3)6-7-20(16-27)15-26(5,28)13-12-25(21)24/h17-25H,6-16,27-28H2,1-5H3. The molecule has 3 saturated carbocycles. The van der Waals surface area contributed by atoms with Crippen LogP contribution in [0.1, 0.15) is 98.8 Å². The first-order valence-electron chi connectivity index (χ1n) is 12.7. The second kappa shape index (κ2) is 9.38. The van der Waals surface area contributed by atoms with Gasteiger partial charge in [0.15, 0.2) is 0 Å². The maximum atomic E-state index is 6.80. The van der Waals surface area contributed by atoms with Crippen LogP contribution in [0.2, 0.25) is 0 Å². The van der Waals surface area contributed by atoms with Crippen LogP contribution in [0, 0.1) is 53.3 Å². The zero-order chi connectivity index (χ0) is 20.5. The highest BCUT2D eigenvalue weighted by atomic mass is 14.7. The Bertz CT molecular complexity index is 485. The summed E-state index contributed by atoms with van der Waals surface area (Å²) in [7, 11) is 0. The predicted octanol–water partition coefficient (Wildman–Crippen LogP) is 6.23. The van der Waals surface area contributed by atoms with E-state index in [-0.39, 0.29) is 5.54 Å². The van der Waals surface area contributed by atoms with Gasteiger partial charge in [-0.2, -0.15) is 0 Å². The van der Waals surface area contributed by atoms with Crippen molar-refractivity contribution in [3.63, 3.8) is 0 Å². The molecule has 0 saturated heterocycles. The molecule has 3 fully saturated rings. The summed E-state index contributed by atoms with van der Waals surface area (Å²) in [5.41, 5.74) is 12.9. The van der Waals surface area contributed by atoms with Crippen molar-refractivity contribution in [3.05, 3.63) is 0 Å². The molecule has 2 heteroatoms. The lowest BCUT2D eigenvalue weighted by atomic mass is 9.59. The summed E-state index contributed by atoms with van der Waals surface area (Å²) in [6.45, 7) is 13.0. The van der Waals surface area contributed by atoms with Crippen molar-refractivity contribution in [3.8, 4) is 0 Å². The Morgan fingerprint density at radius 1 is 0.857 bits per heavy atom. The van der Waals surface area contributed by atoms with Gasteiger partial charge in [-0.05, 0) is 125 Å². The summed E-state index contributed by atoms with van der Waals surface area (Å²) in [6, 6.07) is 0. The minimum Gasteiger partial charge on any atom is -0.330 e. The predicted molar refractivity (Wildman–Crippen MR) is 122 cm³/mol. The lowest BCUT2D eigenvalue weighted by molar-refractivity contribution is 0.0308. The molecule has 4 N–H and O–H groups in total. The first kappa shape index (κ1) is 22.6. The number of rotatable bonds is 4. The molecule has 0 amide bonds. The SMILES string of the molecule is CC(C)CC(C)C1CCC2C3CCC(C)(N)CC(CN)CCC(C)C3CCC12. The Kier molecular flexibility index (Phi) is 7.57. The van der Waals surface area contributed by atoms with Gasteiger partial charge < -0.3 is 11.5 Å². The van der Waals surface area contributed by atoms with Gasteiger partial charge in [0.2, 0.25) is 0 Å². The number of fused-ring (bicyclic) bond motifs is 3. The van der Waals surface area contributed by atoms with Gasteiger partial charge in [0, 0.05) is 5.54 Å². The summed E-state index contributed by atoms with van der Waals surface area (Å²) in [6.07, 6.45) is 13.7. The lowest BCUT2D eigenvalue weighted by Crippen LogP contribution is -2.44. The minimum atomic E-state index is -0.0228. The molecule has 0 aromatic heterocycles. The van der Waals surface area contributed by atoms with Crippen LogP contribution >= 0.6 is 0 Å². The fourth-order valence-corrected chi connectivity index (χ4v) is 8.04. The normalized spacial score (nSPS) is 46.1. The van der Waals surface area contributed by atoms with Gasteiger partial charge in [0.05, 0.1) is 0 Å². The van der Waals surface area contributed by atoms with E-state index in [1.807, 2.05) is 0 Å². The maximum absolute atomic E-state index is 6.80. The second-order valence-corrected chi connectivity index (χ2v) is 12.1. The molecular weight excluding hydrogens is 340 g/mol. The van der Waals surface area contributed by atoms with Gasteiger partial charge in [-0.1, -0.05) is 34.1 Å². The minimum absolute atomic E-state index is 0.0228. The molecule has 0 aliphatic heterocycles. The van der Waals surface area contributed by atoms with Crippen LogP contribution in [0.25, 0.3) is 0 Å². The molecule has 0 heterocycles. The average Bonchev–Trinajstić information content (AvgIpc) is 3.06. The molecule has 9 atom stereocenters. The van der Waals surface area contributed by atoms with Crippen LogP contribution in [-0.2, 0) is 0 Å². The van der Waals surface area contributed by atoms with Gasteiger partial charge in [-0.15, -0.1) is 0 Å². The van der Waals surface area contributed by atoms with E-state index in [0.717, 1.165) is 60.3 Å². The number of hydrogen-bond donors (Lipinski definition) is 2. The molecule has 164 valence electrons. The van der Waals surface area contributed by atoms with Gasteiger partial charge >= 0.3 is 0 Å². The number of nitrogens with two attached hydrogens (primary N) is 2. The van der Waals surface area contributed by atoms with Crippen molar-refractivity contribution in [1.82, 2.24) is 0 Å². The average molecular weight is 391 g/mol. The van der Waals surface area contributed by atoms with E-state index in [1.165, 1.54) is 57.8 Å². The summed E-state index contributed by atoms with van der Waals surface area (Å²) < 4.78 is 0. The van der Waals surface area contributed by atoms with Crippen LogP contribution < -0.4 is 11.5 Å². The molecule has 28 heavy (non-hydrogen) atoms. The fraction of sp³-hybridized carbons (Fsp3) is 1.00. The van der Waals surface area contributed by atoms with E-state index < -0.39 is 0 Å². The highest BCUT2D eigenvalue weighted by Gasteiger charge is 2.48. The topological polar surface area (TPSA) is 52.0 Å². The van der Waals surface area contributed by atoms with Gasteiger partial charge in [-0.25, -0.2) is 0 Å². The lowest BCUT2D eigenvalue weighted by Gasteiger charge is -2.47. The summed E-state index contributed by atoms with van der Waals surface area (Å²) in [5.74, 6) is 8.10. The highest BCUT2D eigenvalue weighted by molar-refractivity contribution is 4.98. The molecular formula is C26H50N2. The Labute approximate surface area is 176 Å². The van der Waals surface area contributed by atoms with E-state index in [2.05, 4.69) is 34.6 Å². The van der Waals surface area contributed by atoms with Crippen LogP contribution in [0.15, 0.2) is 0 Å². The molecule has 0 aromatic rings. The van der Waals surface area contributed by atoms with Crippen molar-refractivity contribution >= 4 is 0 Å². The molecule has 3 aliphatic carbocycles. The van der Waals surface area contributed by atoms with Crippen LogP contribution in [0.4, 0.5) is 0 Å². The smallest absolute Gasteiger partial charge is 0.0129 e. The van der Waals surface area contributed by atoms with Crippen molar-refractivity contribution in [1.29, 1.82) is 0 Å². The third-order valence-corrected chi connectivity index (χ3v) is 9.34. The molecule has 2 nitrogen and oxygen atoms in total. The molecule has 9 unspecified atom stereocenters. The molecule has 0 radical (unpaired) electrons. The Morgan fingerprint density at radius 2 is 1.50 bits per heavy atom. The van der Waals surface area contributed by atoms with E-state index in [9.17, 15) is 0 Å². The van der Waals surface area contributed by atoms with Crippen molar-refractivity contribution < 1.29 is 0 Å².